The minimum atomic E-state index is -1.03. The normalized spacial score (nSPS) is 53.0. The van der Waals surface area contributed by atoms with Crippen LogP contribution >= 0.6 is 0 Å². The third-order valence-corrected chi connectivity index (χ3v) is 4.83. The van der Waals surface area contributed by atoms with Crippen molar-refractivity contribution in [2.24, 2.45) is 5.92 Å². The fourth-order valence-corrected chi connectivity index (χ4v) is 3.30. The van der Waals surface area contributed by atoms with Crippen LogP contribution in [-0.4, -0.2) is 75.9 Å². The van der Waals surface area contributed by atoms with Crippen molar-refractivity contribution in [3.05, 3.63) is 11.6 Å². The fraction of sp³-hybridized carbons (Fsp3) is 0.857. The second-order valence-electron chi connectivity index (χ2n) is 6.21. The molecule has 3 rings (SSSR count). The molecule has 7 nitrogen and oxygen atoms in total. The van der Waals surface area contributed by atoms with E-state index < -0.39 is 18.5 Å². The van der Waals surface area contributed by atoms with Crippen molar-refractivity contribution < 1.29 is 29.9 Å². The van der Waals surface area contributed by atoms with E-state index in [9.17, 15) is 20.4 Å². The number of aliphatic hydroxyl groups excluding tert-OH is 4. The van der Waals surface area contributed by atoms with E-state index >= 15 is 0 Å². The van der Waals surface area contributed by atoms with Crippen LogP contribution < -0.4 is 5.32 Å². The molecule has 0 spiro atoms. The molecule has 0 radical (unpaired) electrons. The lowest BCUT2D eigenvalue weighted by Crippen LogP contribution is -2.58. The van der Waals surface area contributed by atoms with Gasteiger partial charge in [0.1, 0.15) is 18.3 Å². The van der Waals surface area contributed by atoms with Crippen LogP contribution in [0, 0.1) is 5.92 Å². The average Bonchev–Trinajstić information content (AvgIpc) is 3.24. The molecule has 5 N–H and O–H groups in total. The monoisotopic (exact) mass is 301 g/mol. The van der Waals surface area contributed by atoms with Crippen LogP contribution in [0.1, 0.15) is 13.8 Å². The largest absolute Gasteiger partial charge is 0.392 e. The van der Waals surface area contributed by atoms with E-state index in [2.05, 4.69) is 5.32 Å². The van der Waals surface area contributed by atoms with Gasteiger partial charge < -0.3 is 35.2 Å². The molecule has 120 valence electrons. The van der Waals surface area contributed by atoms with Crippen molar-refractivity contribution in [3.8, 4) is 0 Å². The van der Waals surface area contributed by atoms with Crippen molar-refractivity contribution in [1.29, 1.82) is 0 Å². The Balaban J connectivity index is 1.73. The summed E-state index contributed by atoms with van der Waals surface area (Å²) in [6.45, 7) is 3.40. The van der Waals surface area contributed by atoms with E-state index in [4.69, 9.17) is 9.47 Å². The predicted octanol–water partition coefficient (Wildman–Crippen LogP) is -1.89. The van der Waals surface area contributed by atoms with Gasteiger partial charge in [-0.15, -0.1) is 0 Å². The maximum absolute atomic E-state index is 10.1. The Bertz CT molecular complexity index is 428. The van der Waals surface area contributed by atoms with E-state index in [-0.39, 0.29) is 42.9 Å². The summed E-state index contributed by atoms with van der Waals surface area (Å²) >= 11 is 0. The van der Waals surface area contributed by atoms with E-state index in [0.717, 1.165) is 0 Å². The minimum Gasteiger partial charge on any atom is -0.392 e. The minimum absolute atomic E-state index is 0.106. The van der Waals surface area contributed by atoms with Crippen LogP contribution in [0.2, 0.25) is 0 Å². The summed E-state index contributed by atoms with van der Waals surface area (Å²) in [5.74, 6) is -0.216. The molecule has 0 aromatic rings. The first-order chi connectivity index (χ1) is 9.93. The predicted molar refractivity (Wildman–Crippen MR) is 72.3 cm³/mol. The Hall–Kier alpha value is -0.540. The summed E-state index contributed by atoms with van der Waals surface area (Å²) in [6.07, 6.45) is -1.73. The average molecular weight is 301 g/mol. The highest BCUT2D eigenvalue weighted by atomic mass is 16.7. The van der Waals surface area contributed by atoms with Gasteiger partial charge in [0.25, 0.3) is 0 Å². The number of aliphatic hydroxyl groups is 4. The summed E-state index contributed by atoms with van der Waals surface area (Å²) in [5.41, 5.74) is 0.413. The molecule has 0 aromatic carbocycles. The highest BCUT2D eigenvalue weighted by molar-refractivity contribution is 5.21. The molecular formula is C14H23NO6. The lowest BCUT2D eigenvalue weighted by atomic mass is 9.81. The molecule has 3 aliphatic rings. The van der Waals surface area contributed by atoms with Gasteiger partial charge in [-0.1, -0.05) is 13.0 Å². The van der Waals surface area contributed by atoms with Gasteiger partial charge in [0.05, 0.1) is 24.9 Å². The number of nitrogens with one attached hydrogen (secondary N) is 1. The Morgan fingerprint density at radius 3 is 2.52 bits per heavy atom. The summed E-state index contributed by atoms with van der Waals surface area (Å²) in [5, 5.41) is 42.3. The molecule has 2 saturated heterocycles. The molecule has 21 heavy (non-hydrogen) atoms. The fourth-order valence-electron chi connectivity index (χ4n) is 3.30. The number of rotatable bonds is 3. The Kier molecular flexibility index (Phi) is 4.08. The highest BCUT2D eigenvalue weighted by Gasteiger charge is 2.57. The van der Waals surface area contributed by atoms with Gasteiger partial charge >= 0.3 is 0 Å². The molecule has 9 atom stereocenters. The quantitative estimate of drug-likeness (QED) is 0.306. The van der Waals surface area contributed by atoms with Crippen molar-refractivity contribution in [2.75, 3.05) is 6.61 Å². The maximum Gasteiger partial charge on any atom is 0.184 e. The van der Waals surface area contributed by atoms with E-state index in [1.165, 1.54) is 0 Å². The van der Waals surface area contributed by atoms with Gasteiger partial charge in [0.2, 0.25) is 0 Å². The third-order valence-electron chi connectivity index (χ3n) is 4.83. The lowest BCUT2D eigenvalue weighted by molar-refractivity contribution is -0.158. The number of ether oxygens (including phenoxy) is 2. The van der Waals surface area contributed by atoms with Gasteiger partial charge in [0.15, 0.2) is 6.29 Å². The molecule has 2 heterocycles. The highest BCUT2D eigenvalue weighted by Crippen LogP contribution is 2.37. The SMILES string of the molecule is CC1OC(O)C2OC2C1NC1C=C(CO)C(O)C(O)C1C. The van der Waals surface area contributed by atoms with Crippen LogP contribution in [0.15, 0.2) is 11.6 Å². The Morgan fingerprint density at radius 2 is 1.86 bits per heavy atom. The molecule has 9 unspecified atom stereocenters. The van der Waals surface area contributed by atoms with Crippen molar-refractivity contribution in [2.45, 2.75) is 62.7 Å². The van der Waals surface area contributed by atoms with Crippen LogP contribution in [-0.2, 0) is 9.47 Å². The zero-order chi connectivity index (χ0) is 15.3. The maximum atomic E-state index is 10.1. The first kappa shape index (κ1) is 15.4. The van der Waals surface area contributed by atoms with Gasteiger partial charge in [0, 0.05) is 12.0 Å². The van der Waals surface area contributed by atoms with Crippen LogP contribution in [0.3, 0.4) is 0 Å². The molecule has 2 fully saturated rings. The van der Waals surface area contributed by atoms with Gasteiger partial charge in [-0.3, -0.25) is 0 Å². The standard InChI is InChI=1S/C14H23NO6/c1-5-8(3-7(4-16)11(18)10(5)17)15-9-6(2)20-14(19)13-12(9)21-13/h3,5-6,8-19H,4H2,1-2H3. The van der Waals surface area contributed by atoms with Gasteiger partial charge in [-0.05, 0) is 12.5 Å². The first-order valence-corrected chi connectivity index (χ1v) is 7.36. The molecule has 0 saturated carbocycles. The zero-order valence-electron chi connectivity index (χ0n) is 12.1. The number of fused-ring (bicyclic) bond motifs is 1. The van der Waals surface area contributed by atoms with Gasteiger partial charge in [-0.25, -0.2) is 0 Å². The second-order valence-corrected chi connectivity index (χ2v) is 6.21. The summed E-state index contributed by atoms with van der Waals surface area (Å²) in [4.78, 5) is 0. The van der Waals surface area contributed by atoms with Crippen LogP contribution in [0.5, 0.6) is 0 Å². The van der Waals surface area contributed by atoms with Crippen LogP contribution in [0.4, 0.5) is 0 Å². The lowest BCUT2D eigenvalue weighted by Gasteiger charge is -2.39. The van der Waals surface area contributed by atoms with Crippen molar-refractivity contribution in [1.82, 2.24) is 5.32 Å². The molecule has 0 amide bonds. The number of epoxide rings is 1. The first-order valence-electron chi connectivity index (χ1n) is 7.36. The summed E-state index contributed by atoms with van der Waals surface area (Å²) < 4.78 is 10.8. The molecule has 2 aliphatic heterocycles. The van der Waals surface area contributed by atoms with Crippen molar-refractivity contribution in [3.63, 3.8) is 0 Å². The van der Waals surface area contributed by atoms with E-state index in [1.54, 1.807) is 6.08 Å². The summed E-state index contributed by atoms with van der Waals surface area (Å²) in [6, 6.07) is -0.314. The number of hydrogen-bond acceptors (Lipinski definition) is 7. The molecule has 0 bridgehead atoms. The smallest absolute Gasteiger partial charge is 0.184 e. The molecule has 1 aliphatic carbocycles. The molecular weight excluding hydrogens is 278 g/mol. The zero-order valence-corrected chi connectivity index (χ0v) is 12.1. The second kappa shape index (κ2) is 5.58. The van der Waals surface area contributed by atoms with E-state index in [0.29, 0.717) is 5.57 Å². The third kappa shape index (κ3) is 2.63. The van der Waals surface area contributed by atoms with Crippen molar-refractivity contribution >= 4 is 0 Å². The van der Waals surface area contributed by atoms with Crippen LogP contribution in [0.25, 0.3) is 0 Å². The Morgan fingerprint density at radius 1 is 1.14 bits per heavy atom. The summed E-state index contributed by atoms with van der Waals surface area (Å²) in [7, 11) is 0. The molecule has 0 aromatic heterocycles. The topological polar surface area (TPSA) is 115 Å². The Labute approximate surface area is 123 Å². The number of hydrogen-bond donors (Lipinski definition) is 5. The van der Waals surface area contributed by atoms with E-state index in [1.807, 2.05) is 13.8 Å². The van der Waals surface area contributed by atoms with Gasteiger partial charge in [-0.2, -0.15) is 0 Å². The molecule has 7 heteroatoms.